The molecule has 1 fully saturated rings. The number of hydrogen-bond acceptors (Lipinski definition) is 3. The van der Waals surface area contributed by atoms with Crippen molar-refractivity contribution in [3.63, 3.8) is 0 Å². The fourth-order valence-corrected chi connectivity index (χ4v) is 1.80. The topological polar surface area (TPSA) is 75.6 Å². The second-order valence-corrected chi connectivity index (χ2v) is 5.03. The zero-order chi connectivity index (χ0) is 14.0. The van der Waals surface area contributed by atoms with Crippen molar-refractivity contribution in [1.29, 1.82) is 0 Å². The zero-order valence-electron chi connectivity index (χ0n) is 11.0. The number of benzene rings is 1. The highest BCUT2D eigenvalue weighted by Gasteiger charge is 2.57. The van der Waals surface area contributed by atoms with Crippen LogP contribution in [-0.2, 0) is 9.59 Å². The van der Waals surface area contributed by atoms with Gasteiger partial charge in [0.15, 0.2) is 0 Å². The molecule has 5 nitrogen and oxygen atoms in total. The van der Waals surface area contributed by atoms with Crippen molar-refractivity contribution in [1.82, 2.24) is 0 Å². The molecule has 1 amide bonds. The standard InChI is InChI=1S/C14H17NO4/c1-9(2)19-11-5-3-10(4-6-11)15-12(16)14(7-8-14)13(17)18/h3-6,9H,7-8H2,1-2H3,(H,15,16)(H,17,18). The van der Waals surface area contributed by atoms with Crippen molar-refractivity contribution in [2.45, 2.75) is 32.8 Å². The molecule has 0 radical (unpaired) electrons. The third-order valence-electron chi connectivity index (χ3n) is 3.08. The highest BCUT2D eigenvalue weighted by atomic mass is 16.5. The van der Waals surface area contributed by atoms with E-state index in [2.05, 4.69) is 5.32 Å². The van der Waals surface area contributed by atoms with E-state index in [-0.39, 0.29) is 6.10 Å². The van der Waals surface area contributed by atoms with Crippen LogP contribution in [0.1, 0.15) is 26.7 Å². The number of carboxylic acids is 1. The molecule has 5 heteroatoms. The van der Waals surface area contributed by atoms with Gasteiger partial charge in [0, 0.05) is 5.69 Å². The first-order chi connectivity index (χ1) is 8.94. The van der Waals surface area contributed by atoms with Crippen LogP contribution in [-0.4, -0.2) is 23.1 Å². The van der Waals surface area contributed by atoms with Gasteiger partial charge >= 0.3 is 5.97 Å². The van der Waals surface area contributed by atoms with Gasteiger partial charge in [-0.2, -0.15) is 0 Å². The van der Waals surface area contributed by atoms with Gasteiger partial charge < -0.3 is 15.2 Å². The molecular formula is C14H17NO4. The average Bonchev–Trinajstić information content (AvgIpc) is 3.12. The summed E-state index contributed by atoms with van der Waals surface area (Å²) in [6.07, 6.45) is 0.896. The van der Waals surface area contributed by atoms with E-state index in [1.807, 2.05) is 13.8 Å². The minimum Gasteiger partial charge on any atom is -0.491 e. The number of amides is 1. The molecule has 1 saturated carbocycles. The summed E-state index contributed by atoms with van der Waals surface area (Å²) < 4.78 is 5.49. The molecule has 0 unspecified atom stereocenters. The molecule has 1 aliphatic rings. The van der Waals surface area contributed by atoms with Crippen molar-refractivity contribution < 1.29 is 19.4 Å². The number of anilines is 1. The molecule has 0 bridgehead atoms. The van der Waals surface area contributed by atoms with Crippen LogP contribution >= 0.6 is 0 Å². The van der Waals surface area contributed by atoms with Crippen LogP contribution in [0.15, 0.2) is 24.3 Å². The second kappa shape index (κ2) is 4.91. The van der Waals surface area contributed by atoms with Gasteiger partial charge in [-0.1, -0.05) is 0 Å². The summed E-state index contributed by atoms with van der Waals surface area (Å²) in [5, 5.41) is 11.6. The van der Waals surface area contributed by atoms with Gasteiger partial charge in [-0.25, -0.2) is 0 Å². The third-order valence-corrected chi connectivity index (χ3v) is 3.08. The van der Waals surface area contributed by atoms with Crippen LogP contribution in [0.2, 0.25) is 0 Å². The highest BCUT2D eigenvalue weighted by molar-refractivity contribution is 6.10. The van der Waals surface area contributed by atoms with E-state index in [4.69, 9.17) is 9.84 Å². The second-order valence-electron chi connectivity index (χ2n) is 5.03. The number of rotatable bonds is 5. The van der Waals surface area contributed by atoms with Gasteiger partial charge in [-0.15, -0.1) is 0 Å². The maximum Gasteiger partial charge on any atom is 0.319 e. The Hall–Kier alpha value is -2.04. The molecule has 0 saturated heterocycles. The predicted octanol–water partition coefficient (Wildman–Crippen LogP) is 2.28. The van der Waals surface area contributed by atoms with Crippen LogP contribution in [0, 0.1) is 5.41 Å². The smallest absolute Gasteiger partial charge is 0.319 e. The first-order valence-electron chi connectivity index (χ1n) is 6.25. The van der Waals surface area contributed by atoms with Gasteiger partial charge in [0.25, 0.3) is 0 Å². The lowest BCUT2D eigenvalue weighted by Gasteiger charge is -2.12. The van der Waals surface area contributed by atoms with Crippen molar-refractivity contribution in [2.24, 2.45) is 5.41 Å². The van der Waals surface area contributed by atoms with Gasteiger partial charge in [-0.05, 0) is 51.0 Å². The molecule has 0 aromatic heterocycles. The molecule has 0 aliphatic heterocycles. The quantitative estimate of drug-likeness (QED) is 0.799. The Bertz CT molecular complexity index is 489. The van der Waals surface area contributed by atoms with E-state index in [0.29, 0.717) is 24.3 Å². The minimum atomic E-state index is -1.22. The normalized spacial score (nSPS) is 15.9. The van der Waals surface area contributed by atoms with E-state index in [1.165, 1.54) is 0 Å². The molecule has 0 heterocycles. The maximum absolute atomic E-state index is 11.9. The Morgan fingerprint density at radius 2 is 1.84 bits per heavy atom. The molecule has 0 spiro atoms. The van der Waals surface area contributed by atoms with Crippen LogP contribution < -0.4 is 10.1 Å². The van der Waals surface area contributed by atoms with Gasteiger partial charge in [0.2, 0.25) is 5.91 Å². The lowest BCUT2D eigenvalue weighted by Crippen LogP contribution is -2.31. The van der Waals surface area contributed by atoms with E-state index in [1.54, 1.807) is 24.3 Å². The van der Waals surface area contributed by atoms with Crippen molar-refractivity contribution in [3.8, 4) is 5.75 Å². The fourth-order valence-electron chi connectivity index (χ4n) is 1.80. The Morgan fingerprint density at radius 1 is 1.26 bits per heavy atom. The third kappa shape index (κ3) is 2.86. The minimum absolute atomic E-state index is 0.0854. The average molecular weight is 263 g/mol. The molecule has 19 heavy (non-hydrogen) atoms. The number of carboxylic acid groups (broad SMARTS) is 1. The maximum atomic E-state index is 11.9. The summed E-state index contributed by atoms with van der Waals surface area (Å²) in [5.41, 5.74) is -0.638. The summed E-state index contributed by atoms with van der Waals surface area (Å²) >= 11 is 0. The number of ether oxygens (including phenoxy) is 1. The summed E-state index contributed by atoms with van der Waals surface area (Å²) in [5.74, 6) is -0.783. The monoisotopic (exact) mass is 263 g/mol. The number of hydrogen-bond donors (Lipinski definition) is 2. The molecule has 0 atom stereocenters. The van der Waals surface area contributed by atoms with Crippen molar-refractivity contribution in [3.05, 3.63) is 24.3 Å². The number of carbonyl (C=O) groups excluding carboxylic acids is 1. The van der Waals surface area contributed by atoms with Crippen LogP contribution in [0.3, 0.4) is 0 Å². The highest BCUT2D eigenvalue weighted by Crippen LogP contribution is 2.46. The predicted molar refractivity (Wildman–Crippen MR) is 70.1 cm³/mol. The SMILES string of the molecule is CC(C)Oc1ccc(NC(=O)C2(C(=O)O)CC2)cc1. The van der Waals surface area contributed by atoms with Crippen molar-refractivity contribution in [2.75, 3.05) is 5.32 Å². The van der Waals surface area contributed by atoms with Gasteiger partial charge in [0.05, 0.1) is 6.10 Å². The molecule has 1 aliphatic carbocycles. The Morgan fingerprint density at radius 3 is 2.26 bits per heavy atom. The molecule has 1 aromatic rings. The molecule has 102 valence electrons. The zero-order valence-corrected chi connectivity index (χ0v) is 11.0. The number of nitrogens with one attached hydrogen (secondary N) is 1. The van der Waals surface area contributed by atoms with Crippen LogP contribution in [0.5, 0.6) is 5.75 Å². The summed E-state index contributed by atoms with van der Waals surface area (Å²) in [7, 11) is 0. The summed E-state index contributed by atoms with van der Waals surface area (Å²) in [4.78, 5) is 22.9. The van der Waals surface area contributed by atoms with E-state index >= 15 is 0 Å². The number of carbonyl (C=O) groups is 2. The Labute approximate surface area is 111 Å². The van der Waals surface area contributed by atoms with E-state index in [0.717, 1.165) is 0 Å². The van der Waals surface area contributed by atoms with Crippen LogP contribution in [0.4, 0.5) is 5.69 Å². The number of aliphatic carboxylic acids is 1. The van der Waals surface area contributed by atoms with Crippen molar-refractivity contribution >= 4 is 17.6 Å². The Balaban J connectivity index is 2.00. The molecule has 2 rings (SSSR count). The lowest BCUT2D eigenvalue weighted by molar-refractivity contribution is -0.147. The fraction of sp³-hybridized carbons (Fsp3) is 0.429. The van der Waals surface area contributed by atoms with E-state index < -0.39 is 17.3 Å². The van der Waals surface area contributed by atoms with Crippen LogP contribution in [0.25, 0.3) is 0 Å². The van der Waals surface area contributed by atoms with Gasteiger partial charge in [0.1, 0.15) is 11.2 Å². The largest absolute Gasteiger partial charge is 0.491 e. The molecular weight excluding hydrogens is 246 g/mol. The molecule has 2 N–H and O–H groups in total. The Kier molecular flexibility index (Phi) is 3.46. The first-order valence-corrected chi connectivity index (χ1v) is 6.25. The van der Waals surface area contributed by atoms with E-state index in [9.17, 15) is 9.59 Å². The summed E-state index contributed by atoms with van der Waals surface area (Å²) in [6.45, 7) is 3.86. The molecule has 1 aromatic carbocycles. The van der Waals surface area contributed by atoms with Gasteiger partial charge in [-0.3, -0.25) is 9.59 Å². The summed E-state index contributed by atoms with van der Waals surface area (Å²) in [6, 6.07) is 6.90. The lowest BCUT2D eigenvalue weighted by atomic mass is 10.1. The first kappa shape index (κ1) is 13.4.